The van der Waals surface area contributed by atoms with E-state index in [0.717, 1.165) is 17.9 Å². The van der Waals surface area contributed by atoms with Crippen LogP contribution in [0, 0.1) is 0 Å². The molecule has 1 amide bonds. The molecule has 0 saturated carbocycles. The van der Waals surface area contributed by atoms with Crippen molar-refractivity contribution in [1.29, 1.82) is 0 Å². The Morgan fingerprint density at radius 2 is 1.78 bits per heavy atom. The third-order valence-electron chi connectivity index (χ3n) is 3.68. The Morgan fingerprint density at radius 1 is 1.09 bits per heavy atom. The molecule has 0 radical (unpaired) electrons. The van der Waals surface area contributed by atoms with Gasteiger partial charge in [0, 0.05) is 19.2 Å². The van der Waals surface area contributed by atoms with Crippen LogP contribution < -0.4 is 19.7 Å². The van der Waals surface area contributed by atoms with E-state index in [0.29, 0.717) is 17.1 Å². The average molecular weight is 314 g/mol. The van der Waals surface area contributed by atoms with E-state index in [1.165, 1.54) is 0 Å². The van der Waals surface area contributed by atoms with Crippen molar-refractivity contribution in [3.05, 3.63) is 48.0 Å². The molecule has 0 aliphatic heterocycles. The maximum Gasteiger partial charge on any atom is 0.255 e. The van der Waals surface area contributed by atoms with Gasteiger partial charge in [-0.25, -0.2) is 0 Å². The van der Waals surface area contributed by atoms with Gasteiger partial charge in [0.25, 0.3) is 5.91 Å². The molecule has 0 bridgehead atoms. The molecule has 0 aliphatic rings. The number of carbonyl (C=O) groups is 1. The Kier molecular flexibility index (Phi) is 5.46. The second-order valence-corrected chi connectivity index (χ2v) is 5.06. The first kappa shape index (κ1) is 16.7. The average Bonchev–Trinajstić information content (AvgIpc) is 2.60. The number of carbonyl (C=O) groups excluding carboxylic acids is 1. The van der Waals surface area contributed by atoms with Gasteiger partial charge >= 0.3 is 0 Å². The topological polar surface area (TPSA) is 50.8 Å². The third kappa shape index (κ3) is 3.74. The van der Waals surface area contributed by atoms with Crippen LogP contribution in [0.15, 0.2) is 42.5 Å². The van der Waals surface area contributed by atoms with Crippen LogP contribution in [0.2, 0.25) is 0 Å². The molecule has 2 aromatic carbocycles. The number of para-hydroxylation sites is 2. The normalized spacial score (nSPS) is 10.1. The maximum absolute atomic E-state index is 12.5. The highest BCUT2D eigenvalue weighted by Gasteiger charge is 2.13. The molecule has 0 spiro atoms. The van der Waals surface area contributed by atoms with Crippen molar-refractivity contribution in [1.82, 2.24) is 0 Å². The van der Waals surface area contributed by atoms with Crippen LogP contribution in [0.5, 0.6) is 11.5 Å². The first-order valence-corrected chi connectivity index (χ1v) is 7.44. The van der Waals surface area contributed by atoms with Crippen molar-refractivity contribution in [3.8, 4) is 11.5 Å². The molecule has 1 N–H and O–H groups in total. The van der Waals surface area contributed by atoms with Gasteiger partial charge in [-0.15, -0.1) is 0 Å². The number of ether oxygens (including phenoxy) is 2. The van der Waals surface area contributed by atoms with Gasteiger partial charge in [0.05, 0.1) is 25.6 Å². The fourth-order valence-corrected chi connectivity index (χ4v) is 2.25. The predicted molar refractivity (Wildman–Crippen MR) is 92.9 cm³/mol. The molecule has 0 heterocycles. The van der Waals surface area contributed by atoms with E-state index in [1.807, 2.05) is 31.3 Å². The van der Waals surface area contributed by atoms with E-state index in [4.69, 9.17) is 9.47 Å². The summed E-state index contributed by atoms with van der Waals surface area (Å²) in [7, 11) is 5.10. The summed E-state index contributed by atoms with van der Waals surface area (Å²) in [6, 6.07) is 12.8. The van der Waals surface area contributed by atoms with Gasteiger partial charge in [-0.1, -0.05) is 12.1 Å². The van der Waals surface area contributed by atoms with Crippen molar-refractivity contribution in [3.63, 3.8) is 0 Å². The van der Waals surface area contributed by atoms with Gasteiger partial charge in [-0.2, -0.15) is 0 Å². The Labute approximate surface area is 136 Å². The smallest absolute Gasteiger partial charge is 0.255 e. The molecule has 2 rings (SSSR count). The van der Waals surface area contributed by atoms with Crippen LogP contribution in [0.4, 0.5) is 11.4 Å². The minimum atomic E-state index is -0.192. The summed E-state index contributed by atoms with van der Waals surface area (Å²) in [6.07, 6.45) is 0. The molecule has 2 aromatic rings. The number of methoxy groups -OCH3 is 2. The Bertz CT molecular complexity index is 686. The third-order valence-corrected chi connectivity index (χ3v) is 3.68. The lowest BCUT2D eigenvalue weighted by molar-refractivity contribution is 0.102. The van der Waals surface area contributed by atoms with E-state index in [1.54, 1.807) is 32.4 Å². The zero-order chi connectivity index (χ0) is 16.8. The van der Waals surface area contributed by atoms with Crippen molar-refractivity contribution >= 4 is 17.3 Å². The second-order valence-electron chi connectivity index (χ2n) is 5.06. The van der Waals surface area contributed by atoms with Crippen molar-refractivity contribution in [2.75, 3.05) is 38.0 Å². The van der Waals surface area contributed by atoms with Crippen LogP contribution in [0.3, 0.4) is 0 Å². The minimum Gasteiger partial charge on any atom is -0.493 e. The van der Waals surface area contributed by atoms with Crippen LogP contribution >= 0.6 is 0 Å². The van der Waals surface area contributed by atoms with Gasteiger partial charge in [-0.3, -0.25) is 4.79 Å². The first-order valence-electron chi connectivity index (χ1n) is 7.44. The number of nitrogens with zero attached hydrogens (tertiary/aromatic N) is 1. The van der Waals surface area contributed by atoms with Crippen molar-refractivity contribution in [2.45, 2.75) is 6.92 Å². The molecular formula is C18H22N2O3. The summed E-state index contributed by atoms with van der Waals surface area (Å²) in [5.74, 6) is 0.928. The molecule has 5 heteroatoms. The summed E-state index contributed by atoms with van der Waals surface area (Å²) >= 11 is 0. The Balaban J connectivity index is 2.26. The lowest BCUT2D eigenvalue weighted by atomic mass is 10.1. The lowest BCUT2D eigenvalue weighted by Gasteiger charge is -2.21. The number of nitrogens with one attached hydrogen (secondary N) is 1. The fourth-order valence-electron chi connectivity index (χ4n) is 2.25. The van der Waals surface area contributed by atoms with E-state index in [2.05, 4.69) is 17.1 Å². The largest absolute Gasteiger partial charge is 0.493 e. The number of anilines is 2. The Morgan fingerprint density at radius 3 is 2.43 bits per heavy atom. The number of hydrogen-bond acceptors (Lipinski definition) is 4. The number of benzene rings is 2. The number of amides is 1. The molecule has 0 aliphatic carbocycles. The van der Waals surface area contributed by atoms with Gasteiger partial charge in [0.1, 0.15) is 0 Å². The quantitative estimate of drug-likeness (QED) is 0.888. The zero-order valence-corrected chi connectivity index (χ0v) is 13.9. The standard InChI is InChI=1S/C18H22N2O3/c1-5-20(2)15-9-7-6-8-14(15)19-18(21)13-10-11-16(22-3)17(12-13)23-4/h6-12H,5H2,1-4H3,(H,19,21). The van der Waals surface area contributed by atoms with Crippen LogP contribution in [0.1, 0.15) is 17.3 Å². The van der Waals surface area contributed by atoms with Gasteiger partial charge in [0.15, 0.2) is 11.5 Å². The second kappa shape index (κ2) is 7.54. The summed E-state index contributed by atoms with van der Waals surface area (Å²) in [4.78, 5) is 14.6. The molecule has 5 nitrogen and oxygen atoms in total. The van der Waals surface area contributed by atoms with Crippen molar-refractivity contribution in [2.24, 2.45) is 0 Å². The summed E-state index contributed by atoms with van der Waals surface area (Å²) in [5.41, 5.74) is 2.26. The molecule has 0 saturated heterocycles. The highest BCUT2D eigenvalue weighted by Crippen LogP contribution is 2.29. The highest BCUT2D eigenvalue weighted by molar-refractivity contribution is 6.06. The Hall–Kier alpha value is -2.69. The molecule has 0 atom stereocenters. The number of hydrogen-bond donors (Lipinski definition) is 1. The molecule has 122 valence electrons. The fraction of sp³-hybridized carbons (Fsp3) is 0.278. The van der Waals surface area contributed by atoms with E-state index in [9.17, 15) is 4.79 Å². The molecule has 0 fully saturated rings. The SMILES string of the molecule is CCN(C)c1ccccc1NC(=O)c1ccc(OC)c(OC)c1. The van der Waals surface area contributed by atoms with Gasteiger partial charge in [0.2, 0.25) is 0 Å². The molecule has 0 aromatic heterocycles. The zero-order valence-electron chi connectivity index (χ0n) is 13.9. The molecular weight excluding hydrogens is 292 g/mol. The van der Waals surface area contributed by atoms with Crippen LogP contribution in [-0.4, -0.2) is 33.7 Å². The summed E-state index contributed by atoms with van der Waals surface area (Å²) < 4.78 is 10.4. The number of rotatable bonds is 6. The predicted octanol–water partition coefficient (Wildman–Crippen LogP) is 3.41. The van der Waals surface area contributed by atoms with Crippen molar-refractivity contribution < 1.29 is 14.3 Å². The molecule has 0 unspecified atom stereocenters. The van der Waals surface area contributed by atoms with E-state index in [-0.39, 0.29) is 5.91 Å². The maximum atomic E-state index is 12.5. The lowest BCUT2D eigenvalue weighted by Crippen LogP contribution is -2.20. The van der Waals surface area contributed by atoms with E-state index < -0.39 is 0 Å². The summed E-state index contributed by atoms with van der Waals surface area (Å²) in [5, 5.41) is 2.95. The first-order chi connectivity index (χ1) is 11.1. The molecule has 23 heavy (non-hydrogen) atoms. The minimum absolute atomic E-state index is 0.192. The van der Waals surface area contributed by atoms with E-state index >= 15 is 0 Å². The van der Waals surface area contributed by atoms with Gasteiger partial charge in [-0.05, 0) is 37.3 Å². The monoisotopic (exact) mass is 314 g/mol. The van der Waals surface area contributed by atoms with Gasteiger partial charge < -0.3 is 19.7 Å². The summed E-state index contributed by atoms with van der Waals surface area (Å²) in [6.45, 7) is 2.91. The highest BCUT2D eigenvalue weighted by atomic mass is 16.5. The van der Waals surface area contributed by atoms with Crippen LogP contribution in [0.25, 0.3) is 0 Å². The van der Waals surface area contributed by atoms with Crippen LogP contribution in [-0.2, 0) is 0 Å².